The first kappa shape index (κ1) is 20.7. The molecular weight excluding hydrogens is 471 g/mol. The summed E-state index contributed by atoms with van der Waals surface area (Å²) in [5.74, 6) is 0.174. The van der Waals surface area contributed by atoms with Crippen LogP contribution >= 0.6 is 34.5 Å². The average Bonchev–Trinajstić information content (AvgIpc) is 3.19. The van der Waals surface area contributed by atoms with E-state index in [1.807, 2.05) is 37.2 Å². The fourth-order valence-corrected chi connectivity index (χ4v) is 4.77. The highest BCUT2D eigenvalue weighted by Crippen LogP contribution is 2.37. The number of hydrogen-bond donors (Lipinski definition) is 1. The van der Waals surface area contributed by atoms with E-state index >= 15 is 0 Å². The van der Waals surface area contributed by atoms with Gasteiger partial charge in [-0.2, -0.15) is 4.98 Å². The second kappa shape index (κ2) is 8.09. The van der Waals surface area contributed by atoms with E-state index in [9.17, 15) is 4.79 Å². The van der Waals surface area contributed by atoms with E-state index < -0.39 is 0 Å². The van der Waals surface area contributed by atoms with Gasteiger partial charge in [-0.3, -0.25) is 9.69 Å². The number of carbonyl (C=O) groups is 1. The van der Waals surface area contributed by atoms with Gasteiger partial charge in [-0.25, -0.2) is 9.97 Å². The van der Waals surface area contributed by atoms with Crippen LogP contribution in [0.1, 0.15) is 10.4 Å². The van der Waals surface area contributed by atoms with Gasteiger partial charge < -0.3 is 15.0 Å². The zero-order valence-electron chi connectivity index (χ0n) is 17.0. The zero-order valence-corrected chi connectivity index (χ0v) is 19.3. The maximum Gasteiger partial charge on any atom is 0.268 e. The summed E-state index contributed by atoms with van der Waals surface area (Å²) in [5, 5.41) is 4.79. The molecule has 1 N–H and O–H groups in total. The van der Waals surface area contributed by atoms with Crippen LogP contribution in [0.15, 0.2) is 42.6 Å². The van der Waals surface area contributed by atoms with Crippen molar-refractivity contribution in [2.45, 2.75) is 0 Å². The van der Waals surface area contributed by atoms with Crippen LogP contribution in [0, 0.1) is 0 Å². The largest absolute Gasteiger partial charge is 0.455 e. The van der Waals surface area contributed by atoms with Gasteiger partial charge in [0.25, 0.3) is 5.91 Å². The van der Waals surface area contributed by atoms with Gasteiger partial charge in [-0.05, 0) is 30.3 Å². The number of thiazole rings is 1. The normalized spacial score (nSPS) is 13.1. The first-order valence-corrected chi connectivity index (χ1v) is 11.1. The molecule has 11 heteroatoms. The molecule has 0 bridgehead atoms. The SMILES string of the molecule is CN(C)c1nc2ccc(Nc3ncc4c(n3)OCN(c3c(Cl)cccc3Cl)C4=O)cc2s1. The molecule has 0 radical (unpaired) electrons. The smallest absolute Gasteiger partial charge is 0.268 e. The van der Waals surface area contributed by atoms with Crippen LogP contribution in [0.25, 0.3) is 10.2 Å². The van der Waals surface area contributed by atoms with Crippen molar-refractivity contribution < 1.29 is 9.53 Å². The molecule has 0 unspecified atom stereocenters. The van der Waals surface area contributed by atoms with Crippen LogP contribution in [0.3, 0.4) is 0 Å². The van der Waals surface area contributed by atoms with Gasteiger partial charge in [0.15, 0.2) is 11.9 Å². The van der Waals surface area contributed by atoms with Crippen LogP contribution in [0.2, 0.25) is 10.0 Å². The van der Waals surface area contributed by atoms with Gasteiger partial charge in [-0.15, -0.1) is 0 Å². The molecule has 8 nitrogen and oxygen atoms in total. The van der Waals surface area contributed by atoms with Crippen LogP contribution < -0.4 is 19.9 Å². The van der Waals surface area contributed by atoms with E-state index in [2.05, 4.69) is 20.3 Å². The van der Waals surface area contributed by atoms with Crippen molar-refractivity contribution in [3.05, 3.63) is 58.2 Å². The molecule has 1 aliphatic rings. The molecule has 0 atom stereocenters. The van der Waals surface area contributed by atoms with Crippen molar-refractivity contribution in [2.24, 2.45) is 0 Å². The number of aromatic nitrogens is 3. The molecular formula is C21H16Cl2N6O2S. The number of amides is 1. The summed E-state index contributed by atoms with van der Waals surface area (Å²) in [5.41, 5.74) is 2.34. The van der Waals surface area contributed by atoms with E-state index in [0.29, 0.717) is 21.7 Å². The minimum atomic E-state index is -0.338. The third-order valence-corrected chi connectivity index (χ3v) is 6.58. The number of fused-ring (bicyclic) bond motifs is 2. The molecule has 5 rings (SSSR count). The molecule has 0 saturated carbocycles. The Balaban J connectivity index is 1.40. The molecule has 0 saturated heterocycles. The monoisotopic (exact) mass is 486 g/mol. The molecule has 2 aromatic carbocycles. The number of anilines is 4. The number of benzene rings is 2. The highest BCUT2D eigenvalue weighted by Gasteiger charge is 2.31. The quantitative estimate of drug-likeness (QED) is 0.424. The van der Waals surface area contributed by atoms with Crippen molar-refractivity contribution in [1.82, 2.24) is 15.0 Å². The molecule has 0 fully saturated rings. The number of halogens is 2. The molecule has 1 amide bonds. The lowest BCUT2D eigenvalue weighted by atomic mass is 10.2. The Hall–Kier alpha value is -3.14. The summed E-state index contributed by atoms with van der Waals surface area (Å²) in [6.07, 6.45) is 1.43. The van der Waals surface area contributed by atoms with Crippen molar-refractivity contribution in [2.75, 3.05) is 35.9 Å². The van der Waals surface area contributed by atoms with Crippen LogP contribution in [0.4, 0.5) is 22.5 Å². The first-order valence-electron chi connectivity index (χ1n) is 9.51. The second-order valence-corrected chi connectivity index (χ2v) is 9.01. The van der Waals surface area contributed by atoms with Gasteiger partial charge in [-0.1, -0.05) is 40.6 Å². The summed E-state index contributed by atoms with van der Waals surface area (Å²) in [4.78, 5) is 29.6. The minimum Gasteiger partial charge on any atom is -0.455 e. The molecule has 32 heavy (non-hydrogen) atoms. The lowest BCUT2D eigenvalue weighted by Gasteiger charge is -2.29. The summed E-state index contributed by atoms with van der Waals surface area (Å²) in [6, 6.07) is 10.9. The Morgan fingerprint density at radius 2 is 1.94 bits per heavy atom. The molecule has 0 spiro atoms. The van der Waals surface area contributed by atoms with Crippen LogP contribution in [-0.4, -0.2) is 41.7 Å². The molecule has 2 aromatic heterocycles. The van der Waals surface area contributed by atoms with Gasteiger partial charge in [0.1, 0.15) is 5.56 Å². The van der Waals surface area contributed by atoms with E-state index in [-0.39, 0.29) is 24.1 Å². The first-order chi connectivity index (χ1) is 15.4. The topological polar surface area (TPSA) is 83.5 Å². The van der Waals surface area contributed by atoms with Gasteiger partial charge in [0.05, 0.1) is 25.9 Å². The fourth-order valence-electron chi connectivity index (χ4n) is 3.24. The molecule has 162 valence electrons. The summed E-state index contributed by atoms with van der Waals surface area (Å²) < 4.78 is 6.77. The van der Waals surface area contributed by atoms with Gasteiger partial charge >= 0.3 is 0 Å². The summed E-state index contributed by atoms with van der Waals surface area (Å²) in [7, 11) is 3.92. The summed E-state index contributed by atoms with van der Waals surface area (Å²) in [6.45, 7) is -0.0636. The van der Waals surface area contributed by atoms with Gasteiger partial charge in [0, 0.05) is 26.0 Å². The van der Waals surface area contributed by atoms with E-state index in [1.165, 1.54) is 11.1 Å². The predicted molar refractivity (Wildman–Crippen MR) is 128 cm³/mol. The van der Waals surface area contributed by atoms with E-state index in [4.69, 9.17) is 27.9 Å². The Morgan fingerprint density at radius 3 is 2.69 bits per heavy atom. The zero-order chi connectivity index (χ0) is 22.4. The van der Waals surface area contributed by atoms with Crippen LogP contribution in [0.5, 0.6) is 5.88 Å². The number of para-hydroxylation sites is 1. The fraction of sp³-hybridized carbons (Fsp3) is 0.143. The van der Waals surface area contributed by atoms with E-state index in [1.54, 1.807) is 29.5 Å². The lowest BCUT2D eigenvalue weighted by Crippen LogP contribution is -2.39. The maximum atomic E-state index is 13.0. The van der Waals surface area contributed by atoms with E-state index in [0.717, 1.165) is 21.0 Å². The van der Waals surface area contributed by atoms with Crippen LogP contribution in [-0.2, 0) is 0 Å². The van der Waals surface area contributed by atoms with Crippen molar-refractivity contribution in [3.63, 3.8) is 0 Å². The number of hydrogen-bond acceptors (Lipinski definition) is 8. The third-order valence-electron chi connectivity index (χ3n) is 4.78. The number of nitrogens with one attached hydrogen (secondary N) is 1. The molecule has 3 heterocycles. The third kappa shape index (κ3) is 3.68. The number of carbonyl (C=O) groups excluding carboxylic acids is 1. The summed E-state index contributed by atoms with van der Waals surface area (Å²) >= 11 is 14.1. The minimum absolute atomic E-state index is 0.0636. The molecule has 0 aliphatic carbocycles. The Morgan fingerprint density at radius 1 is 1.16 bits per heavy atom. The number of rotatable bonds is 4. The number of ether oxygens (including phenoxy) is 1. The Kier molecular flexibility index (Phi) is 5.24. The number of nitrogens with zero attached hydrogens (tertiary/aromatic N) is 5. The molecule has 1 aliphatic heterocycles. The molecule has 4 aromatic rings. The standard InChI is InChI=1S/C21H16Cl2N6O2S/c1-28(2)21-26-15-7-6-11(8-16(15)32-21)25-20-24-9-12-18(27-20)31-10-29(19(12)30)17-13(22)4-3-5-14(17)23/h3-9H,10H2,1-2H3,(H,24,25,27). The van der Waals surface area contributed by atoms with Gasteiger partial charge in [0.2, 0.25) is 11.8 Å². The Labute approximate surface area is 197 Å². The predicted octanol–water partition coefficient (Wildman–Crippen LogP) is 5.20. The average molecular weight is 487 g/mol. The second-order valence-electron chi connectivity index (χ2n) is 7.19. The highest BCUT2D eigenvalue weighted by molar-refractivity contribution is 7.22. The maximum absolute atomic E-state index is 13.0. The van der Waals surface area contributed by atoms with Crippen molar-refractivity contribution >= 4 is 73.1 Å². The Bertz CT molecular complexity index is 1340. The van der Waals surface area contributed by atoms with Crippen molar-refractivity contribution in [1.29, 1.82) is 0 Å². The van der Waals surface area contributed by atoms with Crippen molar-refractivity contribution in [3.8, 4) is 5.88 Å². The highest BCUT2D eigenvalue weighted by atomic mass is 35.5. The lowest BCUT2D eigenvalue weighted by molar-refractivity contribution is 0.0932.